The van der Waals surface area contributed by atoms with Crippen molar-refractivity contribution >= 4 is 54.3 Å². The summed E-state index contributed by atoms with van der Waals surface area (Å²) in [7, 11) is 0. The van der Waals surface area contributed by atoms with Gasteiger partial charge in [0, 0.05) is 10.8 Å². The van der Waals surface area contributed by atoms with Gasteiger partial charge in [0.1, 0.15) is 11.2 Å². The van der Waals surface area contributed by atoms with Gasteiger partial charge < -0.3 is 4.42 Å². The van der Waals surface area contributed by atoms with Gasteiger partial charge in [0.2, 0.25) is 0 Å². The molecular weight excluding hydrogens is 376 g/mol. The molecule has 0 spiro atoms. The van der Waals surface area contributed by atoms with Gasteiger partial charge >= 0.3 is 0 Å². The second-order valence-corrected chi connectivity index (χ2v) is 7.73. The first-order chi connectivity index (χ1) is 15.4. The van der Waals surface area contributed by atoms with Gasteiger partial charge in [-0.25, -0.2) is 0 Å². The lowest BCUT2D eigenvalue weighted by molar-refractivity contribution is 0.669. The molecule has 6 aromatic carbocycles. The van der Waals surface area contributed by atoms with Crippen molar-refractivity contribution in [1.82, 2.24) is 0 Å². The minimum Gasteiger partial charge on any atom is -0.456 e. The molecule has 1 nitrogen and oxygen atoms in total. The minimum atomic E-state index is 0.962. The Morgan fingerprint density at radius 2 is 0.484 bits per heavy atom. The highest BCUT2D eigenvalue weighted by Gasteiger charge is 2.06. The third-order valence-electron chi connectivity index (χ3n) is 5.94. The molecule has 0 saturated carbocycles. The summed E-state index contributed by atoms with van der Waals surface area (Å²) < 4.78 is 5.65. The van der Waals surface area contributed by atoms with Crippen molar-refractivity contribution in [3.63, 3.8) is 0 Å². The van der Waals surface area contributed by atoms with E-state index < -0.39 is 0 Å². The second kappa shape index (κ2) is 7.30. The average molecular weight is 396 g/mol. The molecular formula is C30H20O. The highest BCUT2D eigenvalue weighted by molar-refractivity contribution is 6.25. The number of benzene rings is 6. The van der Waals surface area contributed by atoms with Gasteiger partial charge in [0.25, 0.3) is 0 Å². The molecule has 0 amide bonds. The first kappa shape index (κ1) is 17.7. The van der Waals surface area contributed by atoms with E-state index in [1.165, 1.54) is 43.1 Å². The molecule has 7 aromatic rings. The molecule has 31 heavy (non-hydrogen) atoms. The standard InChI is InChI=1S/C18H12.C12H8O/c1-2-8-14-13(7-1)15-9-3-4-11-17(15)18-12-6-5-10-16(14)18;1-3-7-11-9(5-1)10-6-2-4-8-12(10)13-11/h1-12H;1-8H. The summed E-state index contributed by atoms with van der Waals surface area (Å²) in [6, 6.07) is 42.2. The maximum Gasteiger partial charge on any atom is 0.135 e. The molecule has 1 heterocycles. The Bertz CT molecular complexity index is 1420. The van der Waals surface area contributed by atoms with E-state index in [-0.39, 0.29) is 0 Å². The summed E-state index contributed by atoms with van der Waals surface area (Å²) in [5, 5.41) is 10.4. The fraction of sp³-hybridized carbons (Fsp3) is 0. The summed E-state index contributed by atoms with van der Waals surface area (Å²) in [6.45, 7) is 0. The van der Waals surface area contributed by atoms with Crippen molar-refractivity contribution in [2.75, 3.05) is 0 Å². The van der Waals surface area contributed by atoms with Gasteiger partial charge in [-0.15, -0.1) is 0 Å². The van der Waals surface area contributed by atoms with Crippen molar-refractivity contribution in [2.24, 2.45) is 0 Å². The first-order valence-electron chi connectivity index (χ1n) is 10.5. The lowest BCUT2D eigenvalue weighted by Gasteiger charge is -2.09. The Morgan fingerprint density at radius 1 is 0.258 bits per heavy atom. The zero-order valence-electron chi connectivity index (χ0n) is 17.0. The third kappa shape index (κ3) is 2.94. The van der Waals surface area contributed by atoms with E-state index in [4.69, 9.17) is 4.42 Å². The van der Waals surface area contributed by atoms with Crippen LogP contribution in [0.4, 0.5) is 0 Å². The van der Waals surface area contributed by atoms with Gasteiger partial charge in [0.15, 0.2) is 0 Å². The summed E-state index contributed by atoms with van der Waals surface area (Å²) in [4.78, 5) is 0. The fourth-order valence-corrected chi connectivity index (χ4v) is 4.53. The van der Waals surface area contributed by atoms with Crippen LogP contribution in [0.25, 0.3) is 54.3 Å². The molecule has 0 atom stereocenters. The molecule has 0 unspecified atom stereocenters. The quantitative estimate of drug-likeness (QED) is 0.234. The molecule has 0 aliphatic rings. The number of rotatable bonds is 0. The van der Waals surface area contributed by atoms with Crippen LogP contribution in [0.5, 0.6) is 0 Å². The van der Waals surface area contributed by atoms with Crippen LogP contribution in [0.15, 0.2) is 126 Å². The monoisotopic (exact) mass is 396 g/mol. The van der Waals surface area contributed by atoms with Crippen molar-refractivity contribution in [3.05, 3.63) is 121 Å². The van der Waals surface area contributed by atoms with Gasteiger partial charge in [-0.1, -0.05) is 109 Å². The van der Waals surface area contributed by atoms with Crippen LogP contribution in [-0.4, -0.2) is 0 Å². The maximum absolute atomic E-state index is 5.65. The summed E-state index contributed by atoms with van der Waals surface area (Å²) in [5.41, 5.74) is 1.92. The fourth-order valence-electron chi connectivity index (χ4n) is 4.53. The number of hydrogen-bond acceptors (Lipinski definition) is 1. The number of hydrogen-bond donors (Lipinski definition) is 0. The van der Waals surface area contributed by atoms with Crippen molar-refractivity contribution in [1.29, 1.82) is 0 Å². The molecule has 146 valence electrons. The van der Waals surface area contributed by atoms with Crippen LogP contribution >= 0.6 is 0 Å². The van der Waals surface area contributed by atoms with Crippen molar-refractivity contribution in [3.8, 4) is 0 Å². The first-order valence-corrected chi connectivity index (χ1v) is 10.5. The SMILES string of the molecule is c1ccc2c(c1)c1ccccc1c1ccccc21.c1ccc2c(c1)oc1ccccc12. The largest absolute Gasteiger partial charge is 0.456 e. The molecule has 0 N–H and O–H groups in total. The predicted molar refractivity (Wildman–Crippen MR) is 133 cm³/mol. The lowest BCUT2D eigenvalue weighted by atomic mass is 9.95. The maximum atomic E-state index is 5.65. The average Bonchev–Trinajstić information content (AvgIpc) is 3.24. The Morgan fingerprint density at radius 3 is 0.774 bits per heavy atom. The Balaban J connectivity index is 0.000000126. The number of furan rings is 1. The van der Waals surface area contributed by atoms with E-state index in [1.54, 1.807) is 0 Å². The molecule has 0 aliphatic carbocycles. The minimum absolute atomic E-state index is 0.962. The van der Waals surface area contributed by atoms with Crippen molar-refractivity contribution < 1.29 is 4.42 Å². The van der Waals surface area contributed by atoms with Crippen LogP contribution in [0.3, 0.4) is 0 Å². The van der Waals surface area contributed by atoms with Gasteiger partial charge in [-0.2, -0.15) is 0 Å². The highest BCUT2D eigenvalue weighted by Crippen LogP contribution is 2.34. The molecule has 1 heteroatoms. The van der Waals surface area contributed by atoms with Crippen LogP contribution in [0.2, 0.25) is 0 Å². The van der Waals surface area contributed by atoms with Gasteiger partial charge in [-0.3, -0.25) is 0 Å². The topological polar surface area (TPSA) is 13.1 Å². The second-order valence-electron chi connectivity index (χ2n) is 7.73. The van der Waals surface area contributed by atoms with Crippen LogP contribution in [0.1, 0.15) is 0 Å². The van der Waals surface area contributed by atoms with Crippen LogP contribution in [-0.2, 0) is 0 Å². The summed E-state index contributed by atoms with van der Waals surface area (Å²) in [5.74, 6) is 0. The molecule has 0 saturated heterocycles. The third-order valence-corrected chi connectivity index (χ3v) is 5.94. The normalized spacial score (nSPS) is 11.2. The van der Waals surface area contributed by atoms with E-state index in [0.717, 1.165) is 11.2 Å². The molecule has 0 aliphatic heterocycles. The zero-order valence-corrected chi connectivity index (χ0v) is 17.0. The van der Waals surface area contributed by atoms with Crippen LogP contribution < -0.4 is 0 Å². The molecule has 7 rings (SSSR count). The van der Waals surface area contributed by atoms with E-state index >= 15 is 0 Å². The van der Waals surface area contributed by atoms with E-state index in [0.29, 0.717) is 0 Å². The smallest absolute Gasteiger partial charge is 0.135 e. The zero-order chi connectivity index (χ0) is 20.6. The Labute approximate surface area is 180 Å². The van der Waals surface area contributed by atoms with Crippen LogP contribution in [0, 0.1) is 0 Å². The molecule has 0 fully saturated rings. The highest BCUT2D eigenvalue weighted by atomic mass is 16.3. The van der Waals surface area contributed by atoms with Gasteiger partial charge in [0.05, 0.1) is 0 Å². The molecule has 0 bridgehead atoms. The van der Waals surface area contributed by atoms with Gasteiger partial charge in [-0.05, 0) is 44.5 Å². The van der Waals surface area contributed by atoms with E-state index in [2.05, 4.69) is 84.9 Å². The lowest BCUT2D eigenvalue weighted by Crippen LogP contribution is -1.81. The molecule has 1 aromatic heterocycles. The number of para-hydroxylation sites is 2. The summed E-state index contributed by atoms with van der Waals surface area (Å²) >= 11 is 0. The summed E-state index contributed by atoms with van der Waals surface area (Å²) in [6.07, 6.45) is 0. The number of fused-ring (bicyclic) bond motifs is 9. The van der Waals surface area contributed by atoms with Crippen molar-refractivity contribution in [2.45, 2.75) is 0 Å². The molecule has 0 radical (unpaired) electrons. The van der Waals surface area contributed by atoms with E-state index in [1.807, 2.05) is 36.4 Å². The predicted octanol–water partition coefficient (Wildman–Crippen LogP) is 8.73. The Kier molecular flexibility index (Phi) is 4.18. The van der Waals surface area contributed by atoms with E-state index in [9.17, 15) is 0 Å². The Hall–Kier alpha value is -4.10.